The van der Waals surface area contributed by atoms with Gasteiger partial charge in [-0.15, -0.1) is 0 Å². The second-order valence-electron chi connectivity index (χ2n) is 3.68. The summed E-state index contributed by atoms with van der Waals surface area (Å²) in [6, 6.07) is 0. The fourth-order valence-electron chi connectivity index (χ4n) is 1.32. The molecule has 1 amide bonds. The maximum atomic E-state index is 11.6. The van der Waals surface area contributed by atoms with Gasteiger partial charge in [0.2, 0.25) is 5.91 Å². The van der Waals surface area contributed by atoms with Crippen molar-refractivity contribution in [2.45, 2.75) is 26.3 Å². The van der Waals surface area contributed by atoms with Gasteiger partial charge in [-0.05, 0) is 13.3 Å². The molecule has 6 heteroatoms. The van der Waals surface area contributed by atoms with Crippen molar-refractivity contribution in [1.29, 1.82) is 0 Å². The van der Waals surface area contributed by atoms with E-state index in [1.165, 1.54) is 0 Å². The number of carbonyl (C=O) groups excluding carboxylic acids is 1. The van der Waals surface area contributed by atoms with Gasteiger partial charge in [0, 0.05) is 27.2 Å². The van der Waals surface area contributed by atoms with E-state index in [1.54, 1.807) is 19.1 Å². The molecule has 0 spiro atoms. The van der Waals surface area contributed by atoms with E-state index >= 15 is 0 Å². The number of aromatic nitrogens is 3. The van der Waals surface area contributed by atoms with Gasteiger partial charge in [-0.2, -0.15) is 5.10 Å². The lowest BCUT2D eigenvalue weighted by molar-refractivity contribution is -0.130. The van der Waals surface area contributed by atoms with Gasteiger partial charge >= 0.3 is 0 Å². The van der Waals surface area contributed by atoms with Gasteiger partial charge in [0.1, 0.15) is 5.82 Å². The number of methoxy groups -OCH3 is 1. The molecule has 0 unspecified atom stereocenters. The van der Waals surface area contributed by atoms with Crippen molar-refractivity contribution in [3.05, 3.63) is 11.6 Å². The zero-order chi connectivity index (χ0) is 12.0. The summed E-state index contributed by atoms with van der Waals surface area (Å²) in [5, 5.41) is 6.73. The minimum atomic E-state index is 0.0829. The van der Waals surface area contributed by atoms with Crippen molar-refractivity contribution < 1.29 is 9.53 Å². The Labute approximate surface area is 95.0 Å². The lowest BCUT2D eigenvalue weighted by Crippen LogP contribution is -2.26. The van der Waals surface area contributed by atoms with Gasteiger partial charge in [-0.1, -0.05) is 0 Å². The second-order valence-corrected chi connectivity index (χ2v) is 3.68. The first-order valence-electron chi connectivity index (χ1n) is 5.24. The van der Waals surface area contributed by atoms with E-state index in [1.807, 2.05) is 6.92 Å². The van der Waals surface area contributed by atoms with E-state index in [4.69, 9.17) is 4.74 Å². The standard InChI is InChI=1S/C10H18N4O2/c1-8-11-9(13-12-8)7-14(2)10(15)5-4-6-16-3/h4-7H2,1-3H3,(H,11,12,13). The molecule has 0 atom stereocenters. The number of carbonyl (C=O) groups is 1. The number of aromatic amines is 1. The van der Waals surface area contributed by atoms with Crippen LogP contribution in [0.1, 0.15) is 24.5 Å². The van der Waals surface area contributed by atoms with E-state index in [9.17, 15) is 4.79 Å². The van der Waals surface area contributed by atoms with Gasteiger partial charge in [0.25, 0.3) is 0 Å². The van der Waals surface area contributed by atoms with Crippen LogP contribution in [0.2, 0.25) is 0 Å². The molecule has 0 saturated carbocycles. The maximum Gasteiger partial charge on any atom is 0.222 e. The molecule has 0 aliphatic rings. The lowest BCUT2D eigenvalue weighted by Gasteiger charge is -2.14. The van der Waals surface area contributed by atoms with Crippen molar-refractivity contribution in [3.63, 3.8) is 0 Å². The highest BCUT2D eigenvalue weighted by Gasteiger charge is 2.11. The Balaban J connectivity index is 2.34. The van der Waals surface area contributed by atoms with Crippen LogP contribution in [-0.4, -0.2) is 46.8 Å². The van der Waals surface area contributed by atoms with E-state index in [2.05, 4.69) is 15.2 Å². The number of aryl methyl sites for hydroxylation is 1. The number of rotatable bonds is 6. The first-order valence-corrected chi connectivity index (χ1v) is 5.24. The fourth-order valence-corrected chi connectivity index (χ4v) is 1.32. The van der Waals surface area contributed by atoms with Gasteiger partial charge in [0.15, 0.2) is 5.82 Å². The Kier molecular flexibility index (Phi) is 4.91. The number of nitrogens with one attached hydrogen (secondary N) is 1. The van der Waals surface area contributed by atoms with Crippen molar-refractivity contribution in [2.24, 2.45) is 0 Å². The predicted octanol–water partition coefficient (Wildman–Crippen LogP) is 0.498. The topological polar surface area (TPSA) is 71.1 Å². The Morgan fingerprint density at radius 1 is 1.56 bits per heavy atom. The predicted molar refractivity (Wildman–Crippen MR) is 58.7 cm³/mol. The average Bonchev–Trinajstić information content (AvgIpc) is 2.64. The summed E-state index contributed by atoms with van der Waals surface area (Å²) in [6.07, 6.45) is 1.24. The fraction of sp³-hybridized carbons (Fsp3) is 0.700. The largest absolute Gasteiger partial charge is 0.385 e. The SMILES string of the molecule is COCCCC(=O)N(C)Cc1n[nH]c(C)n1. The van der Waals surface area contributed by atoms with Crippen LogP contribution in [0.5, 0.6) is 0 Å². The normalized spacial score (nSPS) is 10.4. The molecule has 1 aromatic rings. The highest BCUT2D eigenvalue weighted by molar-refractivity contribution is 5.75. The number of ether oxygens (including phenoxy) is 1. The second kappa shape index (κ2) is 6.22. The minimum Gasteiger partial charge on any atom is -0.385 e. The highest BCUT2D eigenvalue weighted by atomic mass is 16.5. The number of nitrogens with zero attached hydrogens (tertiary/aromatic N) is 3. The van der Waals surface area contributed by atoms with E-state index in [0.29, 0.717) is 25.4 Å². The first-order chi connectivity index (χ1) is 7.63. The quantitative estimate of drug-likeness (QED) is 0.717. The molecule has 0 aromatic carbocycles. The summed E-state index contributed by atoms with van der Waals surface area (Å²) >= 11 is 0. The lowest BCUT2D eigenvalue weighted by atomic mass is 10.3. The molecule has 0 saturated heterocycles. The Hall–Kier alpha value is -1.43. The van der Waals surface area contributed by atoms with Crippen LogP contribution in [0, 0.1) is 6.92 Å². The summed E-state index contributed by atoms with van der Waals surface area (Å²) in [7, 11) is 3.38. The molecular formula is C10H18N4O2. The van der Waals surface area contributed by atoms with Crippen LogP contribution in [0.15, 0.2) is 0 Å². The van der Waals surface area contributed by atoms with Gasteiger partial charge < -0.3 is 9.64 Å². The molecule has 1 aromatic heterocycles. The molecular weight excluding hydrogens is 208 g/mol. The molecule has 0 aliphatic heterocycles. The highest BCUT2D eigenvalue weighted by Crippen LogP contribution is 2.01. The van der Waals surface area contributed by atoms with E-state index in [-0.39, 0.29) is 5.91 Å². The van der Waals surface area contributed by atoms with Crippen molar-refractivity contribution in [3.8, 4) is 0 Å². The molecule has 90 valence electrons. The zero-order valence-electron chi connectivity index (χ0n) is 9.99. The number of hydrogen-bond donors (Lipinski definition) is 1. The molecule has 1 heterocycles. The third kappa shape index (κ3) is 3.98. The molecule has 16 heavy (non-hydrogen) atoms. The number of H-pyrrole nitrogens is 1. The smallest absolute Gasteiger partial charge is 0.222 e. The van der Waals surface area contributed by atoms with Gasteiger partial charge in [-0.3, -0.25) is 9.89 Å². The zero-order valence-corrected chi connectivity index (χ0v) is 9.99. The number of hydrogen-bond acceptors (Lipinski definition) is 4. The van der Waals surface area contributed by atoms with Crippen LogP contribution < -0.4 is 0 Å². The summed E-state index contributed by atoms with van der Waals surface area (Å²) in [5.74, 6) is 1.48. The maximum absolute atomic E-state index is 11.6. The van der Waals surface area contributed by atoms with Gasteiger partial charge in [0.05, 0.1) is 6.54 Å². The van der Waals surface area contributed by atoms with Gasteiger partial charge in [-0.25, -0.2) is 4.98 Å². The molecule has 6 nitrogen and oxygen atoms in total. The Morgan fingerprint density at radius 3 is 2.88 bits per heavy atom. The minimum absolute atomic E-state index is 0.0829. The van der Waals surface area contributed by atoms with Crippen LogP contribution in [-0.2, 0) is 16.1 Å². The van der Waals surface area contributed by atoms with Crippen LogP contribution in [0.25, 0.3) is 0 Å². The van der Waals surface area contributed by atoms with Crippen LogP contribution in [0.4, 0.5) is 0 Å². The summed E-state index contributed by atoms with van der Waals surface area (Å²) in [6.45, 7) is 2.88. The van der Waals surface area contributed by atoms with Crippen LogP contribution >= 0.6 is 0 Å². The molecule has 0 bridgehead atoms. The third-order valence-electron chi connectivity index (χ3n) is 2.19. The van der Waals surface area contributed by atoms with E-state index in [0.717, 1.165) is 12.2 Å². The molecule has 0 radical (unpaired) electrons. The number of amides is 1. The summed E-state index contributed by atoms with van der Waals surface area (Å²) < 4.78 is 4.89. The van der Waals surface area contributed by atoms with Crippen molar-refractivity contribution in [1.82, 2.24) is 20.1 Å². The van der Waals surface area contributed by atoms with Crippen molar-refractivity contribution >= 4 is 5.91 Å². The third-order valence-corrected chi connectivity index (χ3v) is 2.19. The Morgan fingerprint density at radius 2 is 2.31 bits per heavy atom. The van der Waals surface area contributed by atoms with Crippen molar-refractivity contribution in [2.75, 3.05) is 20.8 Å². The Bertz CT molecular complexity index is 337. The summed E-state index contributed by atoms with van der Waals surface area (Å²) in [5.41, 5.74) is 0. The monoisotopic (exact) mass is 226 g/mol. The molecule has 0 aliphatic carbocycles. The molecule has 1 rings (SSSR count). The average molecular weight is 226 g/mol. The van der Waals surface area contributed by atoms with Crippen LogP contribution in [0.3, 0.4) is 0 Å². The van der Waals surface area contributed by atoms with E-state index < -0.39 is 0 Å². The first kappa shape index (κ1) is 12.6. The summed E-state index contributed by atoms with van der Waals surface area (Å²) in [4.78, 5) is 17.4. The molecule has 1 N–H and O–H groups in total. The molecule has 0 fully saturated rings.